The van der Waals surface area contributed by atoms with Crippen LogP contribution in [0.5, 0.6) is 11.5 Å². The average Bonchev–Trinajstić information content (AvgIpc) is 2.66. The molecule has 1 unspecified atom stereocenters. The Balaban J connectivity index is 1.58. The molecule has 1 N–H and O–H groups in total. The molecule has 2 aromatic rings. The number of nitrogens with zero attached hydrogens (tertiary/aromatic N) is 1. The van der Waals surface area contributed by atoms with E-state index < -0.39 is 10.2 Å². The van der Waals surface area contributed by atoms with Crippen molar-refractivity contribution in [2.24, 2.45) is 5.92 Å². The third kappa shape index (κ3) is 4.35. The largest absolute Gasteiger partial charge is 0.493 e. The van der Waals surface area contributed by atoms with E-state index in [4.69, 9.17) is 9.47 Å². The van der Waals surface area contributed by atoms with Crippen LogP contribution in [0.1, 0.15) is 11.1 Å². The van der Waals surface area contributed by atoms with Gasteiger partial charge in [-0.1, -0.05) is 42.5 Å². The van der Waals surface area contributed by atoms with Gasteiger partial charge in [-0.3, -0.25) is 0 Å². The predicted molar refractivity (Wildman–Crippen MR) is 101 cm³/mol. The number of ether oxygens (including phenoxy) is 2. The van der Waals surface area contributed by atoms with Gasteiger partial charge in [-0.15, -0.1) is 0 Å². The highest BCUT2D eigenvalue weighted by Gasteiger charge is 2.25. The van der Waals surface area contributed by atoms with Crippen LogP contribution in [0.25, 0.3) is 0 Å². The zero-order chi connectivity index (χ0) is 18.6. The van der Waals surface area contributed by atoms with Gasteiger partial charge in [0.25, 0.3) is 10.2 Å². The van der Waals surface area contributed by atoms with Gasteiger partial charge in [0, 0.05) is 26.1 Å². The molecule has 0 fully saturated rings. The highest BCUT2D eigenvalue weighted by molar-refractivity contribution is 7.87. The number of hydrogen-bond acceptors (Lipinski definition) is 4. The van der Waals surface area contributed by atoms with Crippen LogP contribution >= 0.6 is 0 Å². The highest BCUT2D eigenvalue weighted by Crippen LogP contribution is 2.35. The van der Waals surface area contributed by atoms with E-state index in [9.17, 15) is 8.42 Å². The number of methoxy groups -OCH3 is 1. The van der Waals surface area contributed by atoms with Crippen molar-refractivity contribution >= 4 is 10.2 Å². The van der Waals surface area contributed by atoms with Crippen molar-refractivity contribution in [2.45, 2.75) is 13.0 Å². The van der Waals surface area contributed by atoms with E-state index in [1.54, 1.807) is 14.2 Å². The molecule has 2 aromatic carbocycles. The number of hydrogen-bond donors (Lipinski definition) is 1. The molecule has 0 radical (unpaired) electrons. The van der Waals surface area contributed by atoms with Gasteiger partial charge in [0.05, 0.1) is 13.7 Å². The summed E-state index contributed by atoms with van der Waals surface area (Å²) < 4.78 is 40.1. The molecular formula is C19H24N2O4S. The Kier molecular flexibility index (Phi) is 5.80. The maximum absolute atomic E-state index is 12.5. The normalized spacial score (nSPS) is 16.8. The van der Waals surface area contributed by atoms with E-state index in [1.165, 1.54) is 4.31 Å². The lowest BCUT2D eigenvalue weighted by molar-refractivity contribution is 0.212. The molecule has 1 aliphatic rings. The van der Waals surface area contributed by atoms with Crippen molar-refractivity contribution in [2.75, 3.05) is 27.3 Å². The van der Waals surface area contributed by atoms with Crippen molar-refractivity contribution in [3.63, 3.8) is 0 Å². The summed E-state index contributed by atoms with van der Waals surface area (Å²) in [5, 5.41) is 0. The Labute approximate surface area is 154 Å². The Morgan fingerprint density at radius 2 is 1.96 bits per heavy atom. The first-order valence-electron chi connectivity index (χ1n) is 8.53. The van der Waals surface area contributed by atoms with Crippen molar-refractivity contribution in [3.05, 3.63) is 59.7 Å². The molecule has 6 nitrogen and oxygen atoms in total. The molecular weight excluding hydrogens is 352 g/mol. The lowest BCUT2D eigenvalue weighted by Crippen LogP contribution is -2.42. The molecule has 26 heavy (non-hydrogen) atoms. The van der Waals surface area contributed by atoms with Crippen LogP contribution in [0.3, 0.4) is 0 Å². The van der Waals surface area contributed by atoms with Crippen LogP contribution in [0.2, 0.25) is 0 Å². The first kappa shape index (κ1) is 18.7. The minimum Gasteiger partial charge on any atom is -0.493 e. The van der Waals surface area contributed by atoms with Gasteiger partial charge in [-0.2, -0.15) is 12.7 Å². The molecule has 1 heterocycles. The molecule has 0 saturated heterocycles. The fourth-order valence-electron chi connectivity index (χ4n) is 3.01. The Morgan fingerprint density at radius 1 is 1.19 bits per heavy atom. The fourth-order valence-corrected chi connectivity index (χ4v) is 3.99. The van der Waals surface area contributed by atoms with Crippen LogP contribution in [0.4, 0.5) is 0 Å². The molecule has 140 valence electrons. The monoisotopic (exact) mass is 376 g/mol. The van der Waals surface area contributed by atoms with Crippen molar-refractivity contribution in [1.82, 2.24) is 9.03 Å². The first-order chi connectivity index (χ1) is 12.5. The van der Waals surface area contributed by atoms with E-state index in [1.807, 2.05) is 48.5 Å². The van der Waals surface area contributed by atoms with Gasteiger partial charge in [-0.25, -0.2) is 4.72 Å². The summed E-state index contributed by atoms with van der Waals surface area (Å²) in [6.45, 7) is 1.12. The lowest BCUT2D eigenvalue weighted by atomic mass is 9.96. The quantitative estimate of drug-likeness (QED) is 0.805. The summed E-state index contributed by atoms with van der Waals surface area (Å²) >= 11 is 0. The second kappa shape index (κ2) is 8.07. The van der Waals surface area contributed by atoms with Crippen LogP contribution in [-0.2, 0) is 23.2 Å². The molecule has 0 aromatic heterocycles. The Hall–Kier alpha value is -2.09. The van der Waals surface area contributed by atoms with Gasteiger partial charge in [0.15, 0.2) is 11.5 Å². The third-order valence-corrected chi connectivity index (χ3v) is 5.95. The second-order valence-electron chi connectivity index (χ2n) is 6.42. The minimum absolute atomic E-state index is 0.0782. The van der Waals surface area contributed by atoms with Gasteiger partial charge in [0.1, 0.15) is 0 Å². The highest BCUT2D eigenvalue weighted by atomic mass is 32.2. The predicted octanol–water partition coefficient (Wildman–Crippen LogP) is 2.21. The summed E-state index contributed by atoms with van der Waals surface area (Å²) in [6.07, 6.45) is 0.747. The van der Waals surface area contributed by atoms with E-state index in [0.29, 0.717) is 25.4 Å². The van der Waals surface area contributed by atoms with E-state index in [-0.39, 0.29) is 5.92 Å². The summed E-state index contributed by atoms with van der Waals surface area (Å²) in [4.78, 5) is 0. The molecule has 0 amide bonds. The van der Waals surface area contributed by atoms with Gasteiger partial charge in [0.2, 0.25) is 0 Å². The fraction of sp³-hybridized carbons (Fsp3) is 0.368. The molecule has 7 heteroatoms. The Bertz CT molecular complexity index is 840. The summed E-state index contributed by atoms with van der Waals surface area (Å²) in [5.74, 6) is 1.55. The maximum Gasteiger partial charge on any atom is 0.279 e. The van der Waals surface area contributed by atoms with Gasteiger partial charge in [-0.05, 0) is 23.6 Å². The third-order valence-electron chi connectivity index (χ3n) is 4.47. The van der Waals surface area contributed by atoms with Crippen LogP contribution < -0.4 is 14.2 Å². The standard InChI is InChI=1S/C19H24N2O4S/c1-21(13-15-7-4-3-5-8-15)26(22,23)20-12-16-11-17-9-6-10-18(24-2)19(17)25-14-16/h3-10,16,20H,11-14H2,1-2H3. The lowest BCUT2D eigenvalue weighted by Gasteiger charge is -2.27. The molecule has 0 bridgehead atoms. The maximum atomic E-state index is 12.5. The Morgan fingerprint density at radius 3 is 2.69 bits per heavy atom. The van der Waals surface area contributed by atoms with Gasteiger partial charge < -0.3 is 9.47 Å². The van der Waals surface area contributed by atoms with Crippen molar-refractivity contribution < 1.29 is 17.9 Å². The topological polar surface area (TPSA) is 67.9 Å². The van der Waals surface area contributed by atoms with Crippen LogP contribution in [-0.4, -0.2) is 40.0 Å². The number of para-hydroxylation sites is 1. The smallest absolute Gasteiger partial charge is 0.279 e. The molecule has 3 rings (SSSR count). The van der Waals surface area contributed by atoms with Crippen LogP contribution in [0.15, 0.2) is 48.5 Å². The van der Waals surface area contributed by atoms with Gasteiger partial charge >= 0.3 is 0 Å². The molecule has 0 saturated carbocycles. The zero-order valence-corrected chi connectivity index (χ0v) is 15.8. The van der Waals surface area contributed by atoms with E-state index >= 15 is 0 Å². The molecule has 0 aliphatic carbocycles. The molecule has 0 spiro atoms. The molecule has 1 atom stereocenters. The van der Waals surface area contributed by atoms with Crippen molar-refractivity contribution in [3.8, 4) is 11.5 Å². The number of nitrogens with one attached hydrogen (secondary N) is 1. The first-order valence-corrected chi connectivity index (χ1v) is 9.97. The minimum atomic E-state index is -3.54. The summed E-state index contributed by atoms with van der Waals surface area (Å²) in [6, 6.07) is 15.3. The summed E-state index contributed by atoms with van der Waals surface area (Å²) in [7, 11) is -0.356. The SMILES string of the molecule is COc1cccc2c1OCC(CNS(=O)(=O)N(C)Cc1ccccc1)C2. The van der Waals surface area contributed by atoms with Crippen molar-refractivity contribution in [1.29, 1.82) is 0 Å². The zero-order valence-electron chi connectivity index (χ0n) is 15.0. The van der Waals surface area contributed by atoms with E-state index in [0.717, 1.165) is 23.3 Å². The second-order valence-corrected chi connectivity index (χ2v) is 8.29. The molecule has 1 aliphatic heterocycles. The summed E-state index contributed by atoms with van der Waals surface area (Å²) in [5.41, 5.74) is 1.99. The average molecular weight is 376 g/mol. The number of benzene rings is 2. The number of fused-ring (bicyclic) bond motifs is 1. The van der Waals surface area contributed by atoms with E-state index in [2.05, 4.69) is 4.72 Å². The van der Waals surface area contributed by atoms with Crippen LogP contribution in [0, 0.1) is 5.92 Å². The number of rotatable bonds is 7.